The summed E-state index contributed by atoms with van der Waals surface area (Å²) in [5.74, 6) is 5.25. The van der Waals surface area contributed by atoms with Crippen molar-refractivity contribution in [1.82, 2.24) is 68.9 Å². The van der Waals surface area contributed by atoms with Gasteiger partial charge in [0.15, 0.2) is 69.9 Å². The van der Waals surface area contributed by atoms with Gasteiger partial charge >= 0.3 is 6.18 Å². The van der Waals surface area contributed by atoms with E-state index >= 15 is 13.2 Å². The van der Waals surface area contributed by atoms with Gasteiger partial charge in [0.2, 0.25) is 0 Å². The number of halogens is 3. The highest BCUT2D eigenvalue weighted by Crippen LogP contribution is 2.46. The van der Waals surface area contributed by atoms with Crippen LogP contribution in [0.15, 0.2) is 352 Å². The van der Waals surface area contributed by atoms with E-state index in [2.05, 4.69) is 22.8 Å². The van der Waals surface area contributed by atoms with E-state index in [4.69, 9.17) is 59.8 Å². The number of fused-ring (bicyclic) bond motifs is 6. The van der Waals surface area contributed by atoms with Crippen LogP contribution in [0.1, 0.15) is 11.1 Å². The van der Waals surface area contributed by atoms with Crippen molar-refractivity contribution in [2.75, 3.05) is 0 Å². The Morgan fingerprint density at radius 1 is 0.216 bits per heavy atom. The summed E-state index contributed by atoms with van der Waals surface area (Å²) in [6, 6.07) is 113. The molecule has 0 saturated heterocycles. The van der Waals surface area contributed by atoms with Crippen molar-refractivity contribution in [1.29, 1.82) is 5.26 Å². The summed E-state index contributed by atoms with van der Waals surface area (Å²) >= 11 is 0. The van der Waals surface area contributed by atoms with Crippen molar-refractivity contribution in [2.24, 2.45) is 0 Å². The minimum atomic E-state index is -4.83. The zero-order valence-electron chi connectivity index (χ0n) is 61.3. The molecule has 0 amide bonds. The first-order chi connectivity index (χ1) is 57.0. The van der Waals surface area contributed by atoms with Gasteiger partial charge in [0, 0.05) is 99.4 Å². The molecule has 0 spiro atoms. The molecule has 6 aromatic heterocycles. The summed E-state index contributed by atoms with van der Waals surface area (Å²) in [7, 11) is 0. The van der Waals surface area contributed by atoms with Crippen molar-refractivity contribution in [3.8, 4) is 165 Å². The Hall–Kier alpha value is -16.0. The van der Waals surface area contributed by atoms with Crippen LogP contribution in [0, 0.1) is 11.3 Å². The second-order valence-corrected chi connectivity index (χ2v) is 27.8. The summed E-state index contributed by atoms with van der Waals surface area (Å²) in [5.41, 5.74) is 12.2. The highest BCUT2D eigenvalue weighted by molar-refractivity contribution is 6.14. The molecule has 0 aliphatic carbocycles. The van der Waals surface area contributed by atoms with Crippen molar-refractivity contribution in [3.63, 3.8) is 0 Å². The molecule has 14 aromatic carbocycles. The second kappa shape index (κ2) is 29.0. The van der Waals surface area contributed by atoms with Crippen LogP contribution in [0.3, 0.4) is 0 Å². The van der Waals surface area contributed by atoms with Crippen LogP contribution in [0.5, 0.6) is 0 Å². The smallest absolute Gasteiger partial charge is 0.309 e. The van der Waals surface area contributed by atoms with Crippen molar-refractivity contribution >= 4 is 43.6 Å². The molecular formula is C98H58F3N15. The third kappa shape index (κ3) is 13.0. The summed E-state index contributed by atoms with van der Waals surface area (Å²) in [6.45, 7) is 0. The van der Waals surface area contributed by atoms with E-state index in [-0.39, 0.29) is 11.3 Å². The lowest BCUT2D eigenvalue weighted by molar-refractivity contribution is -0.137. The summed E-state index contributed by atoms with van der Waals surface area (Å²) < 4.78 is 52.2. The van der Waals surface area contributed by atoms with Crippen LogP contribution < -0.4 is 0 Å². The number of aromatic nitrogens is 14. The van der Waals surface area contributed by atoms with Gasteiger partial charge < -0.3 is 9.13 Å². The van der Waals surface area contributed by atoms with Crippen LogP contribution >= 0.6 is 0 Å². The maximum absolute atomic E-state index is 16.1. The zero-order chi connectivity index (χ0) is 77.8. The second-order valence-electron chi connectivity index (χ2n) is 27.8. The third-order valence-electron chi connectivity index (χ3n) is 20.6. The summed E-state index contributed by atoms with van der Waals surface area (Å²) in [5, 5.41) is 13.9. The molecule has 116 heavy (non-hydrogen) atoms. The largest absolute Gasteiger partial charge is 0.416 e. The van der Waals surface area contributed by atoms with Gasteiger partial charge in [0.25, 0.3) is 0 Å². The fraction of sp³-hybridized carbons (Fsp3) is 0.0102. The lowest BCUT2D eigenvalue weighted by atomic mass is 9.97. The molecule has 20 rings (SSSR count). The molecule has 0 aliphatic heterocycles. The van der Waals surface area contributed by atoms with Gasteiger partial charge in [-0.05, 0) is 103 Å². The van der Waals surface area contributed by atoms with Crippen molar-refractivity contribution in [3.05, 3.63) is 363 Å². The van der Waals surface area contributed by atoms with Gasteiger partial charge in [-0.2, -0.15) is 18.4 Å². The first kappa shape index (κ1) is 69.2. The fourth-order valence-corrected chi connectivity index (χ4v) is 15.0. The molecule has 0 radical (unpaired) electrons. The average Bonchev–Trinajstić information content (AvgIpc) is 1.56. The monoisotopic (exact) mass is 1500 g/mol. The van der Waals surface area contributed by atoms with Gasteiger partial charge in [0.1, 0.15) is 0 Å². The fourth-order valence-electron chi connectivity index (χ4n) is 15.0. The Kier molecular flexibility index (Phi) is 17.3. The Balaban J connectivity index is 0.835. The van der Waals surface area contributed by atoms with E-state index in [1.54, 1.807) is 12.1 Å². The first-order valence-electron chi connectivity index (χ1n) is 37.5. The van der Waals surface area contributed by atoms with E-state index in [0.29, 0.717) is 142 Å². The van der Waals surface area contributed by atoms with E-state index in [9.17, 15) is 5.26 Å². The Bertz CT molecular complexity index is 6640. The van der Waals surface area contributed by atoms with E-state index in [1.165, 1.54) is 12.1 Å². The predicted octanol–water partition coefficient (Wildman–Crippen LogP) is 23.2. The lowest BCUT2D eigenvalue weighted by Crippen LogP contribution is -2.08. The number of hydrogen-bond donors (Lipinski definition) is 0. The topological polar surface area (TPSA) is 188 Å². The van der Waals surface area contributed by atoms with Gasteiger partial charge in [-0.15, -0.1) is 0 Å². The zero-order valence-corrected chi connectivity index (χ0v) is 61.3. The van der Waals surface area contributed by atoms with Crippen LogP contribution in [-0.4, -0.2) is 68.9 Å². The molecule has 18 heteroatoms. The van der Waals surface area contributed by atoms with Gasteiger partial charge in [-0.1, -0.05) is 249 Å². The number of nitrogens with zero attached hydrogens (tertiary/aromatic N) is 15. The van der Waals surface area contributed by atoms with Crippen LogP contribution in [0.2, 0.25) is 0 Å². The SMILES string of the molecule is N#Cc1ccc(-n2c3ccc(-c4nc(-c5ccccc5)nc(-c5ccccc5)n4)cc3c3cc(-c4nc(-c5ccccc5)nc(-c5ccccc5)n4)ccc32)c(-c2ccc(C(F)(F)F)cc2-n2c3ccc(-c4nc(-c5ccccc5)nc(-c5ccccc5)n4)cc3c3cc(-c4nc(-c5ccccc5)nc(-c5ccccc5)n4)ccc32)c1. The number of alkyl halides is 3. The van der Waals surface area contributed by atoms with Crippen LogP contribution in [0.4, 0.5) is 13.2 Å². The quantitative estimate of drug-likeness (QED) is 0.0944. The predicted molar refractivity (Wildman–Crippen MR) is 449 cm³/mol. The van der Waals surface area contributed by atoms with Crippen molar-refractivity contribution in [2.45, 2.75) is 6.18 Å². The third-order valence-corrected chi connectivity index (χ3v) is 20.6. The van der Waals surface area contributed by atoms with E-state index < -0.39 is 11.7 Å². The molecule has 0 atom stereocenters. The molecule has 0 aliphatic rings. The molecule has 15 nitrogen and oxygen atoms in total. The average molecular weight is 1500 g/mol. The van der Waals surface area contributed by atoms with Gasteiger partial charge in [-0.25, -0.2) is 59.8 Å². The molecule has 0 saturated carbocycles. The minimum absolute atomic E-state index is 0.161. The first-order valence-corrected chi connectivity index (χ1v) is 37.5. The molecule has 0 fully saturated rings. The minimum Gasteiger partial charge on any atom is -0.309 e. The Labute approximate surface area is 661 Å². The highest BCUT2D eigenvalue weighted by atomic mass is 19.4. The molecule has 0 unspecified atom stereocenters. The molecule has 0 bridgehead atoms. The maximum atomic E-state index is 16.1. The van der Waals surface area contributed by atoms with Crippen LogP contribution in [-0.2, 0) is 6.18 Å². The van der Waals surface area contributed by atoms with Crippen molar-refractivity contribution < 1.29 is 13.2 Å². The Morgan fingerprint density at radius 3 is 0.681 bits per heavy atom. The van der Waals surface area contributed by atoms with Gasteiger partial charge in [-0.3, -0.25) is 0 Å². The highest BCUT2D eigenvalue weighted by Gasteiger charge is 2.33. The van der Waals surface area contributed by atoms with Crippen LogP contribution in [0.25, 0.3) is 203 Å². The number of benzene rings is 14. The van der Waals surface area contributed by atoms with E-state index in [0.717, 1.165) is 61.3 Å². The standard InChI is InChI=1S/C98H58F3N15/c99-98(100,101)73-46-47-74(85(58-73)116-83-51-44-71(96-111-90(65-33-17-5-18-34-65)105-91(112-96)66-35-19-6-20-36-66)56-78(83)79-57-72(45-52-84(79)116)97-113-92(67-37-21-7-22-38-67)106-93(114-97)68-39-23-8-24-40-68)75-53-60(59-102)41-48-80(75)115-81-49-42-69(94-107-86(61-25-9-1-10-26-61)103-87(108-94)62-27-11-2-12-28-62)54-76(81)77-55-70(43-50-82(77)115)95-109-88(63-29-13-3-14-30-63)104-89(110-95)64-31-15-4-16-32-64/h1-58H. The normalized spacial score (nSPS) is 11.6. The maximum Gasteiger partial charge on any atom is 0.416 e. The van der Waals surface area contributed by atoms with Gasteiger partial charge in [0.05, 0.1) is 50.6 Å². The number of hydrogen-bond acceptors (Lipinski definition) is 13. The number of rotatable bonds is 15. The molecule has 546 valence electrons. The summed E-state index contributed by atoms with van der Waals surface area (Å²) in [6.07, 6.45) is -4.83. The Morgan fingerprint density at radius 2 is 0.448 bits per heavy atom. The molecular weight excluding hydrogens is 1440 g/mol. The van der Waals surface area contributed by atoms with E-state index in [1.807, 2.05) is 314 Å². The summed E-state index contributed by atoms with van der Waals surface area (Å²) in [4.78, 5) is 61.4. The lowest BCUT2D eigenvalue weighted by Gasteiger charge is -2.20. The molecule has 6 heterocycles. The molecule has 20 aromatic rings. The number of nitriles is 1. The molecule has 0 N–H and O–H groups in total.